The van der Waals surface area contributed by atoms with Crippen LogP contribution in [-0.4, -0.2) is 43.0 Å². The lowest BCUT2D eigenvalue weighted by atomic mass is 10.0. The van der Waals surface area contributed by atoms with E-state index in [-0.39, 0.29) is 33.7 Å². The monoisotopic (exact) mass is 506 g/mol. The van der Waals surface area contributed by atoms with Crippen LogP contribution in [0.4, 0.5) is 5.69 Å². The Balaban J connectivity index is 1.67. The molecule has 36 heavy (non-hydrogen) atoms. The minimum Gasteiger partial charge on any atom is -0.478 e. The van der Waals surface area contributed by atoms with Gasteiger partial charge in [0.05, 0.1) is 28.1 Å². The number of sulfonamides is 1. The lowest BCUT2D eigenvalue weighted by Crippen LogP contribution is -2.32. The van der Waals surface area contributed by atoms with Gasteiger partial charge in [-0.05, 0) is 47.9 Å². The van der Waals surface area contributed by atoms with Crippen LogP contribution in [0.2, 0.25) is 0 Å². The molecule has 0 spiro atoms. The van der Waals surface area contributed by atoms with Crippen molar-refractivity contribution in [2.24, 2.45) is 0 Å². The molecule has 0 aliphatic carbocycles. The summed E-state index contributed by atoms with van der Waals surface area (Å²) in [7, 11) is -3.85. The van der Waals surface area contributed by atoms with Gasteiger partial charge in [0, 0.05) is 5.56 Å². The molecule has 184 valence electrons. The number of carbonyl (C=O) groups is 4. The van der Waals surface area contributed by atoms with Crippen LogP contribution in [0.1, 0.15) is 61.2 Å². The van der Waals surface area contributed by atoms with E-state index in [2.05, 4.69) is 0 Å². The highest BCUT2D eigenvalue weighted by molar-refractivity contribution is 7.90. The summed E-state index contributed by atoms with van der Waals surface area (Å²) in [6.45, 7) is 1.82. The third-order valence-electron chi connectivity index (χ3n) is 5.74. The van der Waals surface area contributed by atoms with Crippen LogP contribution < -0.4 is 9.62 Å². The summed E-state index contributed by atoms with van der Waals surface area (Å²) in [5.74, 6) is -4.02. The van der Waals surface area contributed by atoms with Crippen molar-refractivity contribution in [2.75, 3.05) is 10.7 Å². The number of imide groups is 1. The van der Waals surface area contributed by atoms with Crippen LogP contribution in [-0.2, 0) is 10.0 Å². The highest BCUT2D eigenvalue weighted by Crippen LogP contribution is 2.34. The zero-order valence-electron chi connectivity index (χ0n) is 19.2. The summed E-state index contributed by atoms with van der Waals surface area (Å²) in [6.07, 6.45) is 1.01. The van der Waals surface area contributed by atoms with Crippen molar-refractivity contribution >= 4 is 39.4 Å². The number of aromatic carboxylic acids is 1. The zero-order valence-corrected chi connectivity index (χ0v) is 20.0. The summed E-state index contributed by atoms with van der Waals surface area (Å²) >= 11 is 0. The maximum atomic E-state index is 13.2. The number of carboxylic acids is 1. The van der Waals surface area contributed by atoms with Crippen molar-refractivity contribution in [3.8, 4) is 11.1 Å². The van der Waals surface area contributed by atoms with Crippen LogP contribution in [0.25, 0.3) is 11.1 Å². The third kappa shape index (κ3) is 4.76. The molecule has 0 unspecified atom stereocenters. The number of benzene rings is 3. The van der Waals surface area contributed by atoms with E-state index >= 15 is 0 Å². The van der Waals surface area contributed by atoms with Crippen molar-refractivity contribution in [3.63, 3.8) is 0 Å². The molecule has 10 heteroatoms. The number of hydrogen-bond donors (Lipinski definition) is 2. The Morgan fingerprint density at radius 2 is 1.58 bits per heavy atom. The first-order valence-electron chi connectivity index (χ1n) is 11.1. The van der Waals surface area contributed by atoms with E-state index < -0.39 is 33.7 Å². The van der Waals surface area contributed by atoms with Crippen LogP contribution in [0.15, 0.2) is 66.7 Å². The number of rotatable bonds is 8. The molecule has 0 radical (unpaired) electrons. The number of fused-ring (bicyclic) bond motifs is 1. The summed E-state index contributed by atoms with van der Waals surface area (Å²) < 4.78 is 26.1. The molecule has 0 saturated carbocycles. The molecule has 0 saturated heterocycles. The van der Waals surface area contributed by atoms with Crippen molar-refractivity contribution in [1.29, 1.82) is 0 Å². The highest BCUT2D eigenvalue weighted by atomic mass is 32.2. The largest absolute Gasteiger partial charge is 0.478 e. The van der Waals surface area contributed by atoms with Gasteiger partial charge in [-0.1, -0.05) is 49.7 Å². The molecule has 0 bridgehead atoms. The standard InChI is InChI=1S/C26H22N2O7S/c1-2-3-13-36(34,35)27-23(29)18-9-11-19-20(15-18)25(31)28(24(19)30)22-12-10-17(14-21(22)26(32)33)16-7-5-4-6-8-16/h4-12,14-15H,2-3,13H2,1H3,(H,27,29)(H,32,33). The summed E-state index contributed by atoms with van der Waals surface area (Å²) in [5.41, 5.74) is 0.744. The predicted molar refractivity (Wildman–Crippen MR) is 133 cm³/mol. The second-order valence-corrected chi connectivity index (χ2v) is 10.1. The average Bonchev–Trinajstić information content (AvgIpc) is 3.11. The normalized spacial score (nSPS) is 13.0. The lowest BCUT2D eigenvalue weighted by Gasteiger charge is -2.17. The van der Waals surface area contributed by atoms with Gasteiger partial charge >= 0.3 is 5.97 Å². The van der Waals surface area contributed by atoms with Crippen LogP contribution in [0, 0.1) is 0 Å². The third-order valence-corrected chi connectivity index (χ3v) is 7.06. The summed E-state index contributed by atoms with van der Waals surface area (Å²) in [5, 5.41) is 9.81. The van der Waals surface area contributed by atoms with Crippen molar-refractivity contribution < 1.29 is 32.7 Å². The first-order valence-corrected chi connectivity index (χ1v) is 12.8. The Labute approximate surface area is 207 Å². The number of carbonyl (C=O) groups excluding carboxylic acids is 3. The Hall–Kier alpha value is -4.31. The van der Waals surface area contributed by atoms with Gasteiger partial charge in [-0.25, -0.2) is 22.8 Å². The minimum atomic E-state index is -3.85. The van der Waals surface area contributed by atoms with Gasteiger partial charge in [0.1, 0.15) is 0 Å². The van der Waals surface area contributed by atoms with E-state index in [4.69, 9.17) is 0 Å². The molecule has 3 amide bonds. The molecule has 1 aliphatic heterocycles. The van der Waals surface area contributed by atoms with Crippen LogP contribution in [0.5, 0.6) is 0 Å². The van der Waals surface area contributed by atoms with E-state index in [0.717, 1.165) is 16.5 Å². The molecule has 0 atom stereocenters. The molecule has 1 aliphatic rings. The maximum absolute atomic E-state index is 13.2. The second kappa shape index (κ2) is 9.74. The summed E-state index contributed by atoms with van der Waals surface area (Å²) in [4.78, 5) is 51.6. The van der Waals surface area contributed by atoms with Crippen molar-refractivity contribution in [3.05, 3.63) is 89.0 Å². The second-order valence-electron chi connectivity index (χ2n) is 8.21. The van der Waals surface area contributed by atoms with Gasteiger partial charge in [0.15, 0.2) is 0 Å². The number of carboxylic acid groups (broad SMARTS) is 1. The van der Waals surface area contributed by atoms with E-state index in [1.54, 1.807) is 30.3 Å². The van der Waals surface area contributed by atoms with Gasteiger partial charge in [0.25, 0.3) is 17.7 Å². The smallest absolute Gasteiger partial charge is 0.337 e. The van der Waals surface area contributed by atoms with E-state index in [0.29, 0.717) is 18.4 Å². The molecule has 2 N–H and O–H groups in total. The van der Waals surface area contributed by atoms with Crippen LogP contribution in [0.3, 0.4) is 0 Å². The number of nitrogens with zero attached hydrogens (tertiary/aromatic N) is 1. The van der Waals surface area contributed by atoms with Crippen molar-refractivity contribution in [2.45, 2.75) is 19.8 Å². The fourth-order valence-corrected chi connectivity index (χ4v) is 5.07. The first-order chi connectivity index (χ1) is 17.1. The molecule has 0 aromatic heterocycles. The quantitative estimate of drug-likeness (QED) is 0.444. The van der Waals surface area contributed by atoms with Gasteiger partial charge in [-0.3, -0.25) is 14.4 Å². The van der Waals surface area contributed by atoms with Gasteiger partial charge in [-0.2, -0.15) is 0 Å². The minimum absolute atomic E-state index is 0.0196. The number of unbranched alkanes of at least 4 members (excludes halogenated alkanes) is 1. The maximum Gasteiger partial charge on any atom is 0.337 e. The SMILES string of the molecule is CCCCS(=O)(=O)NC(=O)c1ccc2c(c1)C(=O)N(c1ccc(-c3ccccc3)cc1C(=O)O)C2=O. The molecule has 0 fully saturated rings. The molecule has 9 nitrogen and oxygen atoms in total. The molecule has 3 aromatic rings. The fraction of sp³-hybridized carbons (Fsp3) is 0.154. The molecular weight excluding hydrogens is 484 g/mol. The number of amides is 3. The number of nitrogens with one attached hydrogen (secondary N) is 1. The zero-order chi connectivity index (χ0) is 26.0. The predicted octanol–water partition coefficient (Wildman–Crippen LogP) is 3.71. The van der Waals surface area contributed by atoms with Gasteiger partial charge in [-0.15, -0.1) is 0 Å². The topological polar surface area (TPSA) is 138 Å². The fourth-order valence-electron chi connectivity index (χ4n) is 3.90. The molecule has 1 heterocycles. The lowest BCUT2D eigenvalue weighted by molar-refractivity contribution is 0.0697. The molecule has 3 aromatic carbocycles. The average molecular weight is 507 g/mol. The van der Waals surface area contributed by atoms with E-state index in [9.17, 15) is 32.7 Å². The highest BCUT2D eigenvalue weighted by Gasteiger charge is 2.39. The summed E-state index contributed by atoms with van der Waals surface area (Å²) in [6, 6.07) is 17.1. The number of hydrogen-bond acceptors (Lipinski definition) is 6. The first kappa shape index (κ1) is 24.8. The van der Waals surface area contributed by atoms with Gasteiger partial charge in [0.2, 0.25) is 10.0 Å². The molecular formula is C26H22N2O7S. The Kier molecular flexibility index (Phi) is 6.71. The number of anilines is 1. The molecule has 4 rings (SSSR count). The Morgan fingerprint density at radius 1 is 0.889 bits per heavy atom. The van der Waals surface area contributed by atoms with Crippen molar-refractivity contribution in [1.82, 2.24) is 4.72 Å². The Bertz CT molecular complexity index is 1500. The van der Waals surface area contributed by atoms with Gasteiger partial charge < -0.3 is 5.11 Å². The van der Waals surface area contributed by atoms with E-state index in [1.807, 2.05) is 17.7 Å². The Morgan fingerprint density at radius 3 is 2.25 bits per heavy atom. The van der Waals surface area contributed by atoms with E-state index in [1.165, 1.54) is 24.3 Å². The van der Waals surface area contributed by atoms with Crippen LogP contribution >= 0.6 is 0 Å².